The van der Waals surface area contributed by atoms with Gasteiger partial charge in [-0.3, -0.25) is 28.8 Å². The van der Waals surface area contributed by atoms with Crippen molar-refractivity contribution in [2.45, 2.75) is 153 Å². The van der Waals surface area contributed by atoms with Gasteiger partial charge in [0, 0.05) is 36.6 Å². The molecule has 12 nitrogen and oxygen atoms in total. The number of halogens is 1. The average molecular weight is 1430 g/mol. The van der Waals surface area contributed by atoms with Gasteiger partial charge in [0.05, 0.1) is 24.0 Å². The second-order valence-electron chi connectivity index (χ2n) is 37.5. The van der Waals surface area contributed by atoms with Crippen LogP contribution in [0.5, 0.6) is 0 Å². The highest BCUT2D eigenvalue weighted by Gasteiger charge is 3.01. The number of hydrogen-bond donors (Lipinski definition) is 1. The third-order valence-electron chi connectivity index (χ3n) is 30.4. The SMILES string of the molecule is CC(C)(C)OC(=O)CCC(CCC(=O)OC(C)(C)C)(CCC(=O)OC(C)(C)C)NC(=O)CCCOC(=O)C1(C(=O)OCCCBr)C23c4c5c6c7c8c9c(c%10c%11c2c2c4c4c%12c5c5c6c6c8c8c%13c9c9c%10c%10c%11c%11c2c2c4c4c%12c%12c5c5c6c8c6c8c%13c9c9c%10c%10c%11c2c2c4c4c%12c5c6c5c8c9c%10c2c45)C713. The maximum absolute atomic E-state index is 17.9. The van der Waals surface area contributed by atoms with Crippen molar-refractivity contribution in [1.82, 2.24) is 5.32 Å². The summed E-state index contributed by atoms with van der Waals surface area (Å²) in [7, 11) is 0. The summed E-state index contributed by atoms with van der Waals surface area (Å²) in [6, 6.07) is 0. The Bertz CT molecular complexity index is 7940. The molecule has 498 valence electrons. The van der Waals surface area contributed by atoms with Crippen LogP contribution in [0.1, 0.15) is 142 Å². The van der Waals surface area contributed by atoms with E-state index in [1.807, 2.05) is 0 Å². The molecule has 0 aliphatic heterocycles. The number of hydrogen-bond acceptors (Lipinski definition) is 11. The molecule has 1 N–H and O–H groups in total. The first-order valence-electron chi connectivity index (χ1n) is 38.2. The summed E-state index contributed by atoms with van der Waals surface area (Å²) in [5.41, 5.74) is -3.65. The van der Waals surface area contributed by atoms with E-state index < -0.39 is 74.3 Å². The largest absolute Gasteiger partial charge is 0.465 e. The molecule has 2 spiro atoms. The third-order valence-corrected chi connectivity index (χ3v) is 30.9. The minimum atomic E-state index is -1.97. The quantitative estimate of drug-likeness (QED) is 0.0205. The van der Waals surface area contributed by atoms with Crippen LogP contribution in [0.2, 0.25) is 0 Å². The molecular weight excluding hydrogens is 1370 g/mol. The highest BCUT2D eigenvalue weighted by atomic mass is 79.9. The molecule has 0 unspecified atom stereocenters. The summed E-state index contributed by atoms with van der Waals surface area (Å²) in [6.45, 7) is 16.1. The fraction of sp³-hybridized carbons (Fsp3) is 0.304. The maximum Gasteiger partial charge on any atom is 0.326 e. The van der Waals surface area contributed by atoms with Crippen LogP contribution in [0.4, 0.5) is 0 Å². The summed E-state index contributed by atoms with van der Waals surface area (Å²) >= 11 is 3.71. The van der Waals surface area contributed by atoms with E-state index in [2.05, 4.69) is 21.2 Å². The molecule has 0 bridgehead atoms. The number of alkyl halides is 1. The third kappa shape index (κ3) is 4.06. The number of amides is 1. The first kappa shape index (κ1) is 52.7. The van der Waals surface area contributed by atoms with E-state index in [-0.39, 0.29) is 64.6 Å². The van der Waals surface area contributed by atoms with E-state index in [1.54, 1.807) is 62.3 Å². The minimum absolute atomic E-state index is 0.0525. The maximum atomic E-state index is 17.9. The van der Waals surface area contributed by atoms with Crippen LogP contribution in [-0.2, 0) is 63.3 Å². The van der Waals surface area contributed by atoms with Gasteiger partial charge >= 0.3 is 29.8 Å². The lowest BCUT2D eigenvalue weighted by Crippen LogP contribution is -2.50. The van der Waals surface area contributed by atoms with Crippen molar-refractivity contribution < 1.29 is 52.5 Å². The van der Waals surface area contributed by atoms with E-state index >= 15 is 14.4 Å². The highest BCUT2D eigenvalue weighted by molar-refractivity contribution is 9.09. The van der Waals surface area contributed by atoms with Crippen molar-refractivity contribution in [3.8, 4) is 0 Å². The van der Waals surface area contributed by atoms with Gasteiger partial charge in [-0.25, -0.2) is 0 Å². The van der Waals surface area contributed by atoms with Crippen molar-refractivity contribution in [1.29, 1.82) is 0 Å². The molecule has 0 atom stereocenters. The summed E-state index contributed by atoms with van der Waals surface area (Å²) < 4.78 is 31.6. The number of ether oxygens (including phenoxy) is 5. The molecule has 0 aromatic heterocycles. The van der Waals surface area contributed by atoms with Crippen LogP contribution < -0.4 is 5.32 Å². The molecule has 28 aromatic rings. The van der Waals surface area contributed by atoms with Crippen LogP contribution in [0.25, 0.3) is 291 Å². The van der Waals surface area contributed by atoms with Crippen molar-refractivity contribution in [2.24, 2.45) is 5.41 Å². The second-order valence-corrected chi connectivity index (χ2v) is 38.3. The number of nitrogens with one attached hydrogen (secondary N) is 1. The monoisotopic (exact) mass is 1430 g/mol. The zero-order chi connectivity index (χ0) is 69.2. The number of esters is 5. The Morgan fingerprint density at radius 2 is 0.476 bits per heavy atom. The van der Waals surface area contributed by atoms with Crippen molar-refractivity contribution >= 4 is 343 Å². The molecule has 33 rings (SSSR count). The van der Waals surface area contributed by atoms with Crippen molar-refractivity contribution in [2.75, 3.05) is 18.5 Å². The van der Waals surface area contributed by atoms with Gasteiger partial charge in [0.1, 0.15) is 16.8 Å². The molecular formula is C92H52BrNO11. The predicted molar refractivity (Wildman–Crippen MR) is 422 cm³/mol. The normalized spacial score (nSPS) is 20.5. The summed E-state index contributed by atoms with van der Waals surface area (Å²) in [5, 5.41) is 79.3. The van der Waals surface area contributed by atoms with Crippen LogP contribution in [0, 0.1) is 5.41 Å². The number of rotatable bonds is 19. The van der Waals surface area contributed by atoms with Gasteiger partial charge in [0.25, 0.3) is 0 Å². The Kier molecular flexibility index (Phi) is 6.92. The van der Waals surface area contributed by atoms with E-state index in [0.717, 1.165) is 22.3 Å². The lowest BCUT2D eigenvalue weighted by atomic mass is 9.68. The van der Waals surface area contributed by atoms with Crippen molar-refractivity contribution in [3.05, 3.63) is 22.3 Å². The standard InChI is InChI=1S/C92H52BrNO11/c1-86(2,3)103-23(96)13-16-89(17-14-24(97)104-87(4,5)6,18-15-25(98)105-88(7,8)9)94-22(95)12-10-20-101-84(99)92(85(100)102-21-11-19-93)90-80-72-64-54-44-36-28-26-27-30-34-32(28)40-48-42(34)52-46-38(30)39-31(27)35-33-29(26)37(36)45-51-41(33)49-43(35)53-47(39)57-56(46)66-60(52)70-62(48)68(58(64)50(40)44)76(80)78(70)82-74(66)75-67(57)61(53)71-63(49)69-59(51)65(55(45)54)73(72)81(90)77(69)79(71)83(75)91(82,90)92/h10-21H2,1-9H3,(H,94,95). The molecule has 0 heterocycles. The topological polar surface area (TPSA) is 161 Å². The fourth-order valence-electron chi connectivity index (χ4n) is 29.2. The summed E-state index contributed by atoms with van der Waals surface area (Å²) in [5.74, 6) is -3.02. The zero-order valence-electron chi connectivity index (χ0n) is 58.4. The highest BCUT2D eigenvalue weighted by Crippen LogP contribution is 2.97. The summed E-state index contributed by atoms with van der Waals surface area (Å²) in [6.07, 6.45) is 0.310. The lowest BCUT2D eigenvalue weighted by molar-refractivity contribution is -0.167. The van der Waals surface area contributed by atoms with E-state index in [4.69, 9.17) is 23.7 Å². The lowest BCUT2D eigenvalue weighted by Gasteiger charge is -2.36. The molecule has 5 aliphatic rings. The summed E-state index contributed by atoms with van der Waals surface area (Å²) in [4.78, 5) is 91.8. The molecule has 1 saturated carbocycles. The van der Waals surface area contributed by atoms with E-state index in [1.165, 1.54) is 291 Å². The van der Waals surface area contributed by atoms with E-state index in [0.29, 0.717) is 11.8 Å². The predicted octanol–water partition coefficient (Wildman–Crippen LogP) is 21.2. The Hall–Kier alpha value is -10.2. The molecule has 13 heteroatoms. The van der Waals surface area contributed by atoms with Gasteiger partial charge in [0.15, 0.2) is 5.41 Å². The molecule has 105 heavy (non-hydrogen) atoms. The minimum Gasteiger partial charge on any atom is -0.465 e. The van der Waals surface area contributed by atoms with Gasteiger partial charge in [-0.05, 0) is 408 Å². The van der Waals surface area contributed by atoms with E-state index in [9.17, 15) is 14.4 Å². The molecule has 1 fully saturated rings. The molecule has 1 amide bonds. The number of carbonyl (C=O) groups excluding carboxylic acids is 6. The van der Waals surface area contributed by atoms with Crippen LogP contribution in [0.3, 0.4) is 0 Å². The molecule has 0 saturated heterocycles. The van der Waals surface area contributed by atoms with Gasteiger partial charge in [-0.2, -0.15) is 0 Å². The Balaban J connectivity index is 0.673. The smallest absolute Gasteiger partial charge is 0.326 e. The van der Waals surface area contributed by atoms with Crippen LogP contribution in [0.15, 0.2) is 0 Å². The van der Waals surface area contributed by atoms with Gasteiger partial charge in [-0.1, -0.05) is 15.9 Å². The molecule has 28 aromatic carbocycles. The Labute approximate surface area is 596 Å². The van der Waals surface area contributed by atoms with Gasteiger partial charge in [0.2, 0.25) is 5.91 Å². The fourth-order valence-corrected chi connectivity index (χ4v) is 29.4. The van der Waals surface area contributed by atoms with Crippen molar-refractivity contribution in [3.63, 3.8) is 0 Å². The second kappa shape index (κ2) is 13.8. The Morgan fingerprint density at radius 3 is 0.667 bits per heavy atom. The first-order valence-corrected chi connectivity index (χ1v) is 39.3. The number of carbonyl (C=O) groups is 6. The van der Waals surface area contributed by atoms with Gasteiger partial charge < -0.3 is 29.0 Å². The average Bonchev–Trinajstić information content (AvgIpc) is 1.35. The van der Waals surface area contributed by atoms with Crippen LogP contribution >= 0.6 is 15.9 Å². The molecule has 5 aliphatic carbocycles. The van der Waals surface area contributed by atoms with Crippen LogP contribution in [-0.4, -0.2) is 76.6 Å². The number of benzene rings is 18. The first-order chi connectivity index (χ1) is 50.5. The Morgan fingerprint density at radius 1 is 0.286 bits per heavy atom. The molecule has 0 radical (unpaired) electrons. The zero-order valence-corrected chi connectivity index (χ0v) is 59.9. The van der Waals surface area contributed by atoms with Gasteiger partial charge in [-0.15, -0.1) is 0 Å².